The summed E-state index contributed by atoms with van der Waals surface area (Å²) < 4.78 is 0.829. The van der Waals surface area contributed by atoms with Crippen LogP contribution in [0.25, 0.3) is 0 Å². The van der Waals surface area contributed by atoms with Gasteiger partial charge in [-0.2, -0.15) is 5.26 Å². The molecule has 0 unspecified atom stereocenters. The predicted molar refractivity (Wildman–Crippen MR) is 78.0 cm³/mol. The number of nitrogens with zero attached hydrogens (tertiary/aromatic N) is 1. The number of hydrogen-bond acceptors (Lipinski definition) is 3. The lowest BCUT2D eigenvalue weighted by molar-refractivity contribution is 1.45. The Balaban J connectivity index is 2.37. The molecule has 0 aliphatic rings. The van der Waals surface area contributed by atoms with E-state index in [0.29, 0.717) is 22.0 Å². The van der Waals surface area contributed by atoms with Gasteiger partial charge in [-0.3, -0.25) is 0 Å². The zero-order chi connectivity index (χ0) is 13.1. The van der Waals surface area contributed by atoms with Gasteiger partial charge in [-0.15, -0.1) is 0 Å². The van der Waals surface area contributed by atoms with Crippen molar-refractivity contribution >= 4 is 44.6 Å². The number of nitriles is 1. The molecule has 0 aromatic heterocycles. The van der Waals surface area contributed by atoms with Crippen molar-refractivity contribution in [1.29, 1.82) is 5.26 Å². The van der Waals surface area contributed by atoms with E-state index in [4.69, 9.17) is 22.6 Å². The highest BCUT2D eigenvalue weighted by Crippen LogP contribution is 2.30. The molecule has 0 bridgehead atoms. The van der Waals surface area contributed by atoms with Gasteiger partial charge in [0.1, 0.15) is 6.07 Å². The van der Waals surface area contributed by atoms with E-state index >= 15 is 0 Å². The third-order valence-corrected chi connectivity index (χ3v) is 3.26. The first-order valence-electron chi connectivity index (χ1n) is 5.12. The van der Waals surface area contributed by atoms with Gasteiger partial charge in [0.05, 0.1) is 16.9 Å². The third kappa shape index (κ3) is 2.76. The van der Waals surface area contributed by atoms with Crippen LogP contribution in [0.15, 0.2) is 40.9 Å². The van der Waals surface area contributed by atoms with E-state index in [2.05, 4.69) is 27.3 Å². The van der Waals surface area contributed by atoms with E-state index < -0.39 is 0 Å². The van der Waals surface area contributed by atoms with Gasteiger partial charge in [0, 0.05) is 15.2 Å². The summed E-state index contributed by atoms with van der Waals surface area (Å²) in [4.78, 5) is 0. The number of nitrogens with two attached hydrogens (primary N) is 1. The summed E-state index contributed by atoms with van der Waals surface area (Å²) in [6, 6.07) is 12.6. The maximum atomic E-state index is 9.06. The minimum atomic E-state index is 0.497. The Morgan fingerprint density at radius 2 is 1.89 bits per heavy atom. The normalized spacial score (nSPS) is 9.83. The number of benzene rings is 2. The molecule has 0 saturated heterocycles. The van der Waals surface area contributed by atoms with Crippen LogP contribution in [0.1, 0.15) is 5.56 Å². The van der Waals surface area contributed by atoms with Crippen molar-refractivity contribution in [3.63, 3.8) is 0 Å². The highest BCUT2D eigenvalue weighted by atomic mass is 79.9. The van der Waals surface area contributed by atoms with Crippen LogP contribution in [0.4, 0.5) is 17.1 Å². The van der Waals surface area contributed by atoms with Crippen molar-refractivity contribution in [2.75, 3.05) is 11.1 Å². The highest BCUT2D eigenvalue weighted by molar-refractivity contribution is 9.10. The third-order valence-electron chi connectivity index (χ3n) is 2.36. The molecule has 0 radical (unpaired) electrons. The molecule has 0 amide bonds. The summed E-state index contributed by atoms with van der Waals surface area (Å²) >= 11 is 9.28. The molecule has 3 nitrogen and oxygen atoms in total. The fourth-order valence-electron chi connectivity index (χ4n) is 1.50. The maximum absolute atomic E-state index is 9.06. The fraction of sp³-hybridized carbons (Fsp3) is 0. The van der Waals surface area contributed by atoms with Crippen LogP contribution in [-0.2, 0) is 0 Å². The largest absolute Gasteiger partial charge is 0.399 e. The standard InChI is InChI=1S/C13H9BrClN3/c14-11-6-9(15)1-3-13(11)18-12-4-2-10(17)5-8(12)7-16/h1-6,18H,17H2. The maximum Gasteiger partial charge on any atom is 0.101 e. The zero-order valence-electron chi connectivity index (χ0n) is 9.24. The molecule has 0 fully saturated rings. The molecule has 2 aromatic carbocycles. The van der Waals surface area contributed by atoms with Crippen LogP contribution in [0, 0.1) is 11.3 Å². The molecule has 3 N–H and O–H groups in total. The number of rotatable bonds is 2. The van der Waals surface area contributed by atoms with E-state index in [-0.39, 0.29) is 0 Å². The Morgan fingerprint density at radius 1 is 1.17 bits per heavy atom. The molecule has 0 aliphatic carbocycles. The zero-order valence-corrected chi connectivity index (χ0v) is 11.6. The summed E-state index contributed by atoms with van der Waals surface area (Å²) in [7, 11) is 0. The minimum absolute atomic E-state index is 0.497. The molecular formula is C13H9BrClN3. The average molecular weight is 323 g/mol. The van der Waals surface area contributed by atoms with Crippen LogP contribution < -0.4 is 11.1 Å². The van der Waals surface area contributed by atoms with E-state index in [1.54, 1.807) is 30.3 Å². The van der Waals surface area contributed by atoms with Crippen molar-refractivity contribution in [2.24, 2.45) is 0 Å². The van der Waals surface area contributed by atoms with Gasteiger partial charge in [-0.05, 0) is 52.3 Å². The van der Waals surface area contributed by atoms with E-state index in [9.17, 15) is 0 Å². The second-order valence-corrected chi connectivity index (χ2v) is 4.96. The molecule has 0 saturated carbocycles. The van der Waals surface area contributed by atoms with E-state index in [0.717, 1.165) is 10.2 Å². The predicted octanol–water partition coefficient (Wildman–Crippen LogP) is 4.30. The number of hydrogen-bond donors (Lipinski definition) is 2. The van der Waals surface area contributed by atoms with Gasteiger partial charge in [-0.1, -0.05) is 11.6 Å². The lowest BCUT2D eigenvalue weighted by Gasteiger charge is -2.10. The van der Waals surface area contributed by atoms with E-state index in [1.807, 2.05) is 6.07 Å². The molecule has 0 aliphatic heterocycles. The SMILES string of the molecule is N#Cc1cc(N)ccc1Nc1ccc(Cl)cc1Br. The molecule has 90 valence electrons. The number of nitrogens with one attached hydrogen (secondary N) is 1. The summed E-state index contributed by atoms with van der Waals surface area (Å²) in [6.45, 7) is 0. The second-order valence-electron chi connectivity index (χ2n) is 3.67. The second kappa shape index (κ2) is 5.30. The number of anilines is 3. The van der Waals surface area contributed by atoms with Gasteiger partial charge in [0.25, 0.3) is 0 Å². The summed E-state index contributed by atoms with van der Waals surface area (Å²) in [5, 5.41) is 12.9. The molecule has 2 aromatic rings. The molecule has 5 heteroatoms. The average Bonchev–Trinajstić information content (AvgIpc) is 2.34. The molecule has 0 heterocycles. The topological polar surface area (TPSA) is 61.8 Å². The van der Waals surface area contributed by atoms with Crippen LogP contribution in [0.5, 0.6) is 0 Å². The van der Waals surface area contributed by atoms with Crippen molar-refractivity contribution in [3.8, 4) is 6.07 Å². The molecule has 18 heavy (non-hydrogen) atoms. The Labute approximate surface area is 118 Å². The lowest BCUT2D eigenvalue weighted by atomic mass is 10.1. The number of nitrogen functional groups attached to an aromatic ring is 1. The van der Waals surface area contributed by atoms with Crippen LogP contribution in [-0.4, -0.2) is 0 Å². The van der Waals surface area contributed by atoms with Gasteiger partial charge < -0.3 is 11.1 Å². The van der Waals surface area contributed by atoms with Crippen molar-refractivity contribution in [2.45, 2.75) is 0 Å². The van der Waals surface area contributed by atoms with Gasteiger partial charge in [0.15, 0.2) is 0 Å². The Bertz CT molecular complexity index is 635. The minimum Gasteiger partial charge on any atom is -0.399 e. The van der Waals surface area contributed by atoms with Crippen LogP contribution in [0.2, 0.25) is 5.02 Å². The fourth-order valence-corrected chi connectivity index (χ4v) is 2.28. The number of halogens is 2. The van der Waals surface area contributed by atoms with Gasteiger partial charge in [-0.25, -0.2) is 0 Å². The monoisotopic (exact) mass is 321 g/mol. The Hall–Kier alpha value is -1.70. The Kier molecular flexibility index (Phi) is 3.75. The van der Waals surface area contributed by atoms with Crippen molar-refractivity contribution in [1.82, 2.24) is 0 Å². The van der Waals surface area contributed by atoms with Gasteiger partial charge in [0.2, 0.25) is 0 Å². The van der Waals surface area contributed by atoms with Crippen molar-refractivity contribution < 1.29 is 0 Å². The smallest absolute Gasteiger partial charge is 0.101 e. The molecule has 0 atom stereocenters. The summed E-state index contributed by atoms with van der Waals surface area (Å²) in [6.07, 6.45) is 0. The molecule has 2 rings (SSSR count). The first-order chi connectivity index (χ1) is 8.60. The van der Waals surface area contributed by atoms with Crippen molar-refractivity contribution in [3.05, 3.63) is 51.5 Å². The molecule has 0 spiro atoms. The van der Waals surface area contributed by atoms with Gasteiger partial charge >= 0.3 is 0 Å². The quantitative estimate of drug-likeness (QED) is 0.810. The summed E-state index contributed by atoms with van der Waals surface area (Å²) in [5.41, 5.74) is 8.24. The highest BCUT2D eigenvalue weighted by Gasteiger charge is 2.05. The first-order valence-corrected chi connectivity index (χ1v) is 6.29. The lowest BCUT2D eigenvalue weighted by Crippen LogP contribution is -1.96. The van der Waals surface area contributed by atoms with Crippen LogP contribution >= 0.6 is 27.5 Å². The molecular weight excluding hydrogens is 314 g/mol. The summed E-state index contributed by atoms with van der Waals surface area (Å²) in [5.74, 6) is 0. The first kappa shape index (κ1) is 12.7. The Morgan fingerprint density at radius 3 is 2.56 bits per heavy atom. The van der Waals surface area contributed by atoms with E-state index in [1.165, 1.54) is 0 Å². The van der Waals surface area contributed by atoms with Crippen LogP contribution in [0.3, 0.4) is 0 Å².